The molecule has 1 heterocycles. The van der Waals surface area contributed by atoms with E-state index in [0.29, 0.717) is 35.9 Å². The molecule has 138 valence electrons. The van der Waals surface area contributed by atoms with Gasteiger partial charge < -0.3 is 5.32 Å². The second kappa shape index (κ2) is 7.51. The molecule has 2 aromatic carbocycles. The maximum Gasteiger partial charge on any atom is 0.243 e. The summed E-state index contributed by atoms with van der Waals surface area (Å²) in [5.74, 6) is 1.21. The zero-order valence-corrected chi connectivity index (χ0v) is 15.7. The molecular formula is C21H26N2O2S. The lowest BCUT2D eigenvalue weighted by Crippen LogP contribution is -2.41. The second-order valence-corrected chi connectivity index (χ2v) is 9.37. The van der Waals surface area contributed by atoms with E-state index in [1.807, 2.05) is 6.07 Å². The summed E-state index contributed by atoms with van der Waals surface area (Å²) in [5, 5.41) is 3.69. The van der Waals surface area contributed by atoms with Crippen molar-refractivity contribution in [2.24, 2.45) is 5.92 Å². The van der Waals surface area contributed by atoms with E-state index in [-0.39, 0.29) is 0 Å². The molecule has 2 fully saturated rings. The second-order valence-electron chi connectivity index (χ2n) is 7.43. The first kappa shape index (κ1) is 17.7. The summed E-state index contributed by atoms with van der Waals surface area (Å²) in [6, 6.07) is 20.0. The molecule has 4 rings (SSSR count). The van der Waals surface area contributed by atoms with Gasteiger partial charge in [0.1, 0.15) is 0 Å². The van der Waals surface area contributed by atoms with Crippen LogP contribution in [0.2, 0.25) is 0 Å². The van der Waals surface area contributed by atoms with Gasteiger partial charge in [0.2, 0.25) is 10.0 Å². The fraction of sp³-hybridized carbons (Fsp3) is 0.429. The Balaban J connectivity index is 1.25. The van der Waals surface area contributed by atoms with Gasteiger partial charge >= 0.3 is 0 Å². The van der Waals surface area contributed by atoms with Crippen molar-refractivity contribution in [3.8, 4) is 0 Å². The van der Waals surface area contributed by atoms with Crippen LogP contribution in [-0.4, -0.2) is 38.4 Å². The summed E-state index contributed by atoms with van der Waals surface area (Å²) in [5.41, 5.74) is 1.42. The summed E-state index contributed by atoms with van der Waals surface area (Å²) < 4.78 is 27.0. The van der Waals surface area contributed by atoms with Gasteiger partial charge in [0.05, 0.1) is 4.90 Å². The van der Waals surface area contributed by atoms with Gasteiger partial charge in [-0.2, -0.15) is 4.31 Å². The van der Waals surface area contributed by atoms with Crippen molar-refractivity contribution in [3.05, 3.63) is 66.2 Å². The lowest BCUT2D eigenvalue weighted by Gasteiger charge is -2.31. The zero-order chi connectivity index (χ0) is 18.0. The topological polar surface area (TPSA) is 49.4 Å². The van der Waals surface area contributed by atoms with E-state index >= 15 is 0 Å². The molecule has 5 heteroatoms. The first-order chi connectivity index (χ1) is 12.6. The van der Waals surface area contributed by atoms with Gasteiger partial charge in [-0.3, -0.25) is 0 Å². The summed E-state index contributed by atoms with van der Waals surface area (Å²) in [7, 11) is -3.34. The fourth-order valence-electron chi connectivity index (χ4n) is 3.90. The van der Waals surface area contributed by atoms with Crippen molar-refractivity contribution < 1.29 is 8.42 Å². The maximum atomic E-state index is 12.7. The Labute approximate surface area is 156 Å². The van der Waals surface area contributed by atoms with Crippen LogP contribution < -0.4 is 5.32 Å². The number of piperidine rings is 1. The third-order valence-electron chi connectivity index (χ3n) is 5.64. The van der Waals surface area contributed by atoms with Gasteiger partial charge in [-0.15, -0.1) is 0 Å². The summed E-state index contributed by atoms with van der Waals surface area (Å²) >= 11 is 0. The van der Waals surface area contributed by atoms with E-state index in [1.165, 1.54) is 12.0 Å². The van der Waals surface area contributed by atoms with Crippen molar-refractivity contribution in [2.45, 2.75) is 36.1 Å². The van der Waals surface area contributed by atoms with E-state index in [0.717, 1.165) is 19.4 Å². The number of hydrogen-bond donors (Lipinski definition) is 1. The van der Waals surface area contributed by atoms with Crippen LogP contribution >= 0.6 is 0 Å². The van der Waals surface area contributed by atoms with Crippen LogP contribution in [0.25, 0.3) is 0 Å². The predicted molar refractivity (Wildman–Crippen MR) is 104 cm³/mol. The third kappa shape index (κ3) is 3.85. The van der Waals surface area contributed by atoms with E-state index in [4.69, 9.17) is 0 Å². The number of nitrogens with zero attached hydrogens (tertiary/aromatic N) is 1. The van der Waals surface area contributed by atoms with Crippen LogP contribution in [0, 0.1) is 5.92 Å². The Morgan fingerprint density at radius 2 is 1.54 bits per heavy atom. The molecule has 2 aliphatic rings. The molecule has 0 bridgehead atoms. The molecule has 2 aromatic rings. The molecule has 0 radical (unpaired) electrons. The summed E-state index contributed by atoms with van der Waals surface area (Å²) in [4.78, 5) is 0.403. The Morgan fingerprint density at radius 1 is 0.923 bits per heavy atom. The quantitative estimate of drug-likeness (QED) is 0.849. The molecular weight excluding hydrogens is 344 g/mol. The maximum absolute atomic E-state index is 12.7. The molecule has 0 spiro atoms. The zero-order valence-electron chi connectivity index (χ0n) is 14.9. The van der Waals surface area contributed by atoms with Gasteiger partial charge in [-0.05, 0) is 49.4 Å². The third-order valence-corrected chi connectivity index (χ3v) is 7.55. The van der Waals surface area contributed by atoms with Crippen LogP contribution in [0.5, 0.6) is 0 Å². The van der Waals surface area contributed by atoms with Crippen LogP contribution in [0.3, 0.4) is 0 Å². The Hall–Kier alpha value is -1.69. The van der Waals surface area contributed by atoms with Gasteiger partial charge in [0, 0.05) is 25.0 Å². The van der Waals surface area contributed by atoms with E-state index in [2.05, 4.69) is 35.6 Å². The largest absolute Gasteiger partial charge is 0.313 e. The van der Waals surface area contributed by atoms with Crippen LogP contribution in [0.4, 0.5) is 0 Å². The van der Waals surface area contributed by atoms with Crippen LogP contribution in [0.15, 0.2) is 65.6 Å². The van der Waals surface area contributed by atoms with Crippen LogP contribution in [-0.2, 0) is 10.0 Å². The minimum atomic E-state index is -3.34. The highest BCUT2D eigenvalue weighted by atomic mass is 32.2. The summed E-state index contributed by atoms with van der Waals surface area (Å²) in [6.45, 7) is 2.24. The smallest absolute Gasteiger partial charge is 0.243 e. The van der Waals surface area contributed by atoms with Crippen LogP contribution in [0.1, 0.15) is 30.7 Å². The normalized spacial score (nSPS) is 24.5. The van der Waals surface area contributed by atoms with Gasteiger partial charge in [-0.1, -0.05) is 48.5 Å². The highest BCUT2D eigenvalue weighted by Crippen LogP contribution is 2.40. The number of nitrogens with one attached hydrogen (secondary N) is 1. The fourth-order valence-corrected chi connectivity index (χ4v) is 5.39. The average Bonchev–Trinajstić information content (AvgIpc) is 3.48. The molecule has 2 atom stereocenters. The predicted octanol–water partition coefficient (Wildman–Crippen LogP) is 3.23. The Bertz CT molecular complexity index is 816. The van der Waals surface area contributed by atoms with Crippen molar-refractivity contribution in [2.75, 3.05) is 19.6 Å². The molecule has 26 heavy (non-hydrogen) atoms. The molecule has 0 aromatic heterocycles. The van der Waals surface area contributed by atoms with Crippen molar-refractivity contribution in [1.82, 2.24) is 9.62 Å². The average molecular weight is 371 g/mol. The Kier molecular flexibility index (Phi) is 5.11. The van der Waals surface area contributed by atoms with Gasteiger partial charge in [0.25, 0.3) is 0 Å². The highest BCUT2D eigenvalue weighted by Gasteiger charge is 2.38. The molecule has 1 aliphatic heterocycles. The van der Waals surface area contributed by atoms with Gasteiger partial charge in [-0.25, -0.2) is 8.42 Å². The minimum absolute atomic E-state index is 0.403. The van der Waals surface area contributed by atoms with Crippen molar-refractivity contribution in [3.63, 3.8) is 0 Å². The van der Waals surface area contributed by atoms with Gasteiger partial charge in [0.15, 0.2) is 0 Å². The molecule has 1 saturated carbocycles. The molecule has 1 aliphatic carbocycles. The standard InChI is InChI=1S/C21H26N2O2S/c24-26(25,19-9-5-2-6-10-19)23-13-11-17(12-14-23)16-22-21-15-20(21)18-7-3-1-4-8-18/h1-10,17,20-22H,11-16H2/t20-,21+/m1/s1. The number of benzene rings is 2. The van der Waals surface area contributed by atoms with E-state index < -0.39 is 10.0 Å². The minimum Gasteiger partial charge on any atom is -0.313 e. The van der Waals surface area contributed by atoms with E-state index in [1.54, 1.807) is 28.6 Å². The van der Waals surface area contributed by atoms with Crippen molar-refractivity contribution >= 4 is 10.0 Å². The first-order valence-corrected chi connectivity index (χ1v) is 10.9. The lowest BCUT2D eigenvalue weighted by molar-refractivity contribution is 0.266. The highest BCUT2D eigenvalue weighted by molar-refractivity contribution is 7.89. The lowest BCUT2D eigenvalue weighted by atomic mass is 9.98. The number of hydrogen-bond acceptors (Lipinski definition) is 3. The first-order valence-electron chi connectivity index (χ1n) is 9.48. The molecule has 0 unspecified atom stereocenters. The molecule has 4 nitrogen and oxygen atoms in total. The molecule has 1 N–H and O–H groups in total. The molecule has 0 amide bonds. The van der Waals surface area contributed by atoms with E-state index in [9.17, 15) is 8.42 Å². The number of sulfonamides is 1. The van der Waals surface area contributed by atoms with Crippen molar-refractivity contribution in [1.29, 1.82) is 0 Å². The Morgan fingerprint density at radius 3 is 2.19 bits per heavy atom. The number of rotatable bonds is 6. The monoisotopic (exact) mass is 370 g/mol. The molecule has 1 saturated heterocycles. The summed E-state index contributed by atoms with van der Waals surface area (Å²) in [6.07, 6.45) is 3.08. The SMILES string of the molecule is O=S(=O)(c1ccccc1)N1CCC(CN[C@H]2C[C@@H]2c2ccccc2)CC1.